The van der Waals surface area contributed by atoms with Crippen LogP contribution < -0.4 is 20.6 Å². The van der Waals surface area contributed by atoms with E-state index in [9.17, 15) is 14.4 Å². The van der Waals surface area contributed by atoms with Crippen LogP contribution in [0.1, 0.15) is 18.4 Å². The standard InChI is InChI=1S/C23H30N2O5Si/c1-6-30-23(28)22(27)24-15-20(16-7-11-18(29-2)12-8-16)21(26)25-17-9-13-19(14-10-17)31(3,4)5/h7-14,20H,6,15H2,1-5H3,(H,24,27)(H,25,26). The number of amides is 2. The van der Waals surface area contributed by atoms with Gasteiger partial charge in [0.1, 0.15) is 5.75 Å². The van der Waals surface area contributed by atoms with Crippen molar-refractivity contribution < 1.29 is 23.9 Å². The summed E-state index contributed by atoms with van der Waals surface area (Å²) in [6.07, 6.45) is 0. The Bertz CT molecular complexity index is 905. The Hall–Kier alpha value is -3.13. The molecule has 0 radical (unpaired) electrons. The highest BCUT2D eigenvalue weighted by atomic mass is 28.3. The van der Waals surface area contributed by atoms with Crippen LogP contribution >= 0.6 is 0 Å². The highest BCUT2D eigenvalue weighted by molar-refractivity contribution is 6.88. The molecule has 0 aliphatic heterocycles. The molecule has 0 saturated heterocycles. The van der Waals surface area contributed by atoms with E-state index in [1.165, 1.54) is 5.19 Å². The van der Waals surface area contributed by atoms with Gasteiger partial charge < -0.3 is 20.1 Å². The largest absolute Gasteiger partial charge is 0.497 e. The van der Waals surface area contributed by atoms with Gasteiger partial charge in [0.05, 0.1) is 27.7 Å². The number of rotatable bonds is 8. The van der Waals surface area contributed by atoms with Crippen LogP contribution in [0.15, 0.2) is 48.5 Å². The lowest BCUT2D eigenvalue weighted by Crippen LogP contribution is -2.38. The van der Waals surface area contributed by atoms with Crippen LogP contribution in [0.5, 0.6) is 5.75 Å². The molecule has 0 aliphatic rings. The van der Waals surface area contributed by atoms with E-state index in [4.69, 9.17) is 9.47 Å². The number of nitrogens with one attached hydrogen (secondary N) is 2. The minimum Gasteiger partial charge on any atom is -0.497 e. The minimum absolute atomic E-state index is 0.0528. The second-order valence-electron chi connectivity index (χ2n) is 8.07. The number of carbonyl (C=O) groups excluding carboxylic acids is 3. The third kappa shape index (κ3) is 6.96. The lowest BCUT2D eigenvalue weighted by atomic mass is 9.97. The molecule has 2 aromatic rings. The lowest BCUT2D eigenvalue weighted by molar-refractivity contribution is -0.154. The number of ether oxygens (including phenoxy) is 2. The molecule has 0 aliphatic carbocycles. The monoisotopic (exact) mass is 442 g/mol. The summed E-state index contributed by atoms with van der Waals surface area (Å²) in [6, 6.07) is 14.8. The molecule has 31 heavy (non-hydrogen) atoms. The zero-order valence-electron chi connectivity index (χ0n) is 18.7. The van der Waals surface area contributed by atoms with Gasteiger partial charge in [-0.3, -0.25) is 9.59 Å². The van der Waals surface area contributed by atoms with Gasteiger partial charge in [-0.25, -0.2) is 4.79 Å². The Kier molecular flexibility index (Phi) is 8.38. The van der Waals surface area contributed by atoms with Crippen molar-refractivity contribution >= 4 is 36.7 Å². The molecular weight excluding hydrogens is 412 g/mol. The van der Waals surface area contributed by atoms with Crippen LogP contribution in [0.4, 0.5) is 5.69 Å². The fraction of sp³-hybridized carbons (Fsp3) is 0.348. The van der Waals surface area contributed by atoms with Crippen LogP contribution in [0.3, 0.4) is 0 Å². The van der Waals surface area contributed by atoms with E-state index in [0.717, 1.165) is 0 Å². The first-order valence-electron chi connectivity index (χ1n) is 10.2. The molecule has 8 heteroatoms. The Morgan fingerprint density at radius 1 is 0.968 bits per heavy atom. The fourth-order valence-electron chi connectivity index (χ4n) is 2.94. The molecule has 2 amide bonds. The molecule has 0 heterocycles. The number of carbonyl (C=O) groups is 3. The van der Waals surface area contributed by atoms with Crippen molar-refractivity contribution in [2.75, 3.05) is 25.6 Å². The molecule has 0 bridgehead atoms. The predicted molar refractivity (Wildman–Crippen MR) is 123 cm³/mol. The Balaban J connectivity index is 2.18. The number of anilines is 1. The lowest BCUT2D eigenvalue weighted by Gasteiger charge is -2.19. The van der Waals surface area contributed by atoms with Crippen molar-refractivity contribution in [1.29, 1.82) is 0 Å². The van der Waals surface area contributed by atoms with Crippen molar-refractivity contribution in [3.63, 3.8) is 0 Å². The van der Waals surface area contributed by atoms with Gasteiger partial charge in [-0.1, -0.05) is 49.1 Å². The van der Waals surface area contributed by atoms with E-state index in [1.807, 2.05) is 24.3 Å². The maximum atomic E-state index is 13.1. The SMILES string of the molecule is CCOC(=O)C(=O)NCC(C(=O)Nc1ccc([Si](C)(C)C)cc1)c1ccc(OC)cc1. The third-order valence-electron chi connectivity index (χ3n) is 4.78. The molecule has 1 atom stereocenters. The van der Waals surface area contributed by atoms with E-state index in [0.29, 0.717) is 17.0 Å². The molecule has 0 aromatic heterocycles. The average molecular weight is 443 g/mol. The van der Waals surface area contributed by atoms with E-state index >= 15 is 0 Å². The van der Waals surface area contributed by atoms with Crippen LogP contribution in [-0.4, -0.2) is 46.1 Å². The van der Waals surface area contributed by atoms with Gasteiger partial charge in [0.2, 0.25) is 5.91 Å². The summed E-state index contributed by atoms with van der Waals surface area (Å²) in [6.45, 7) is 8.43. The molecule has 1 unspecified atom stereocenters. The van der Waals surface area contributed by atoms with E-state index < -0.39 is 25.9 Å². The van der Waals surface area contributed by atoms with Gasteiger partial charge in [-0.05, 0) is 36.8 Å². The molecule has 7 nitrogen and oxygen atoms in total. The normalized spacial score (nSPS) is 11.9. The zero-order chi connectivity index (χ0) is 23.0. The molecule has 166 valence electrons. The van der Waals surface area contributed by atoms with Crippen molar-refractivity contribution in [3.8, 4) is 5.75 Å². The fourth-order valence-corrected chi connectivity index (χ4v) is 4.11. The van der Waals surface area contributed by atoms with E-state index in [2.05, 4.69) is 30.3 Å². The second kappa shape index (κ2) is 10.8. The molecule has 2 rings (SSSR count). The van der Waals surface area contributed by atoms with Crippen LogP contribution in [-0.2, 0) is 19.1 Å². The summed E-state index contributed by atoms with van der Waals surface area (Å²) in [5.74, 6) is -2.21. The minimum atomic E-state index is -1.44. The van der Waals surface area contributed by atoms with Gasteiger partial charge in [0, 0.05) is 12.2 Å². The maximum Gasteiger partial charge on any atom is 0.396 e. The van der Waals surface area contributed by atoms with Crippen molar-refractivity contribution in [1.82, 2.24) is 5.32 Å². The summed E-state index contributed by atoms with van der Waals surface area (Å²) >= 11 is 0. The summed E-state index contributed by atoms with van der Waals surface area (Å²) in [5, 5.41) is 6.68. The van der Waals surface area contributed by atoms with Gasteiger partial charge in [-0.2, -0.15) is 0 Å². The smallest absolute Gasteiger partial charge is 0.396 e. The molecule has 2 N–H and O–H groups in total. The Labute approximate surface area is 184 Å². The molecule has 0 fully saturated rings. The first kappa shape index (κ1) is 24.1. The molecule has 2 aromatic carbocycles. The predicted octanol–water partition coefficient (Wildman–Crippen LogP) is 2.64. The topological polar surface area (TPSA) is 93.7 Å². The molecule has 0 spiro atoms. The summed E-state index contributed by atoms with van der Waals surface area (Å²) in [5.41, 5.74) is 1.35. The van der Waals surface area contributed by atoms with Crippen molar-refractivity contribution in [3.05, 3.63) is 54.1 Å². The first-order valence-corrected chi connectivity index (χ1v) is 13.7. The maximum absolute atomic E-state index is 13.1. The van der Waals surface area contributed by atoms with Crippen molar-refractivity contribution in [2.24, 2.45) is 0 Å². The summed E-state index contributed by atoms with van der Waals surface area (Å²) in [4.78, 5) is 36.6. The Morgan fingerprint density at radius 2 is 1.58 bits per heavy atom. The highest BCUT2D eigenvalue weighted by Gasteiger charge is 2.24. The van der Waals surface area contributed by atoms with Crippen LogP contribution in [0, 0.1) is 0 Å². The molecular formula is C23H30N2O5Si. The zero-order valence-corrected chi connectivity index (χ0v) is 19.7. The summed E-state index contributed by atoms with van der Waals surface area (Å²) < 4.78 is 9.87. The van der Waals surface area contributed by atoms with Crippen LogP contribution in [0.2, 0.25) is 19.6 Å². The van der Waals surface area contributed by atoms with Gasteiger partial charge in [0.15, 0.2) is 0 Å². The number of hydrogen-bond donors (Lipinski definition) is 2. The number of hydrogen-bond acceptors (Lipinski definition) is 5. The van der Waals surface area contributed by atoms with Gasteiger partial charge in [-0.15, -0.1) is 0 Å². The number of methoxy groups -OCH3 is 1. The molecule has 0 saturated carbocycles. The third-order valence-corrected chi connectivity index (χ3v) is 6.85. The highest BCUT2D eigenvalue weighted by Crippen LogP contribution is 2.21. The van der Waals surface area contributed by atoms with Gasteiger partial charge >= 0.3 is 11.9 Å². The quantitative estimate of drug-likeness (QED) is 0.372. The average Bonchev–Trinajstić information content (AvgIpc) is 2.74. The van der Waals surface area contributed by atoms with E-state index in [-0.39, 0.29) is 19.1 Å². The first-order chi connectivity index (χ1) is 14.7. The Morgan fingerprint density at radius 3 is 2.10 bits per heavy atom. The van der Waals surface area contributed by atoms with Crippen LogP contribution in [0.25, 0.3) is 0 Å². The van der Waals surface area contributed by atoms with Gasteiger partial charge in [0.25, 0.3) is 0 Å². The second-order valence-corrected chi connectivity index (χ2v) is 13.2. The van der Waals surface area contributed by atoms with E-state index in [1.54, 1.807) is 38.3 Å². The number of benzene rings is 2. The summed E-state index contributed by atoms with van der Waals surface area (Å²) in [7, 11) is 0.120. The van der Waals surface area contributed by atoms with Crippen molar-refractivity contribution in [2.45, 2.75) is 32.5 Å². The number of esters is 1.